The van der Waals surface area contributed by atoms with Gasteiger partial charge in [-0.15, -0.1) is 0 Å². The summed E-state index contributed by atoms with van der Waals surface area (Å²) in [6.45, 7) is 2.75. The predicted octanol–water partition coefficient (Wildman–Crippen LogP) is 4.61. The van der Waals surface area contributed by atoms with Crippen LogP contribution in [0, 0.1) is 5.41 Å². The average Bonchev–Trinajstić information content (AvgIpc) is 3.29. The highest BCUT2D eigenvalue weighted by Gasteiger charge is 2.70. The number of ether oxygens (including phenoxy) is 2. The Morgan fingerprint density at radius 1 is 1.16 bits per heavy atom. The van der Waals surface area contributed by atoms with Crippen LogP contribution in [0.4, 0.5) is 4.79 Å². The summed E-state index contributed by atoms with van der Waals surface area (Å²) in [5.74, 6) is 0.848. The third kappa shape index (κ3) is 2.27. The number of amides is 2. The van der Waals surface area contributed by atoms with Crippen LogP contribution in [0.25, 0.3) is 11.1 Å². The first kappa shape index (κ1) is 18.9. The summed E-state index contributed by atoms with van der Waals surface area (Å²) in [6, 6.07) is 14.9. The van der Waals surface area contributed by atoms with Gasteiger partial charge in [-0.2, -0.15) is 0 Å². The van der Waals surface area contributed by atoms with Crippen LogP contribution in [0.3, 0.4) is 0 Å². The molecule has 2 aromatic carbocycles. The van der Waals surface area contributed by atoms with Crippen LogP contribution >= 0.6 is 0 Å². The van der Waals surface area contributed by atoms with E-state index in [1.165, 1.54) is 16.7 Å². The van der Waals surface area contributed by atoms with Crippen LogP contribution < -0.4 is 10.1 Å². The van der Waals surface area contributed by atoms with E-state index in [4.69, 9.17) is 9.47 Å². The first-order valence-electron chi connectivity index (χ1n) is 11.2. The van der Waals surface area contributed by atoms with E-state index in [1.807, 2.05) is 24.1 Å². The molecule has 4 aliphatic rings. The highest BCUT2D eigenvalue weighted by atomic mass is 16.5. The third-order valence-electron chi connectivity index (χ3n) is 8.01. The van der Waals surface area contributed by atoms with Gasteiger partial charge in [0, 0.05) is 19.1 Å². The smallest absolute Gasteiger partial charge is 0.322 e. The van der Waals surface area contributed by atoms with E-state index in [2.05, 4.69) is 42.6 Å². The number of hydrogen-bond donors (Lipinski definition) is 1. The van der Waals surface area contributed by atoms with E-state index in [9.17, 15) is 4.79 Å². The molecule has 1 saturated carbocycles. The summed E-state index contributed by atoms with van der Waals surface area (Å²) in [5, 5.41) is 3.47. The van der Waals surface area contributed by atoms with Gasteiger partial charge < -0.3 is 14.8 Å². The van der Waals surface area contributed by atoms with Crippen LogP contribution in [0.2, 0.25) is 0 Å². The van der Waals surface area contributed by atoms with Crippen LogP contribution in [0.15, 0.2) is 53.7 Å². The Hall–Kier alpha value is -2.79. The van der Waals surface area contributed by atoms with Crippen molar-refractivity contribution in [2.75, 3.05) is 20.8 Å². The summed E-state index contributed by atoms with van der Waals surface area (Å²) in [5.41, 5.74) is 6.94. The van der Waals surface area contributed by atoms with Gasteiger partial charge in [-0.05, 0) is 78.6 Å². The molecule has 1 unspecified atom stereocenters. The summed E-state index contributed by atoms with van der Waals surface area (Å²) in [6.07, 6.45) is 4.20. The second-order valence-corrected chi connectivity index (χ2v) is 9.33. The SMILES string of the molecule is CCO[C@@H]1CC[C@]23CC1=C1N(C)C(=O)NC12c1cc(-c2cccc(OC)c2)ccc1C3. The zero-order valence-electron chi connectivity index (χ0n) is 18.3. The van der Waals surface area contributed by atoms with Gasteiger partial charge >= 0.3 is 6.03 Å². The van der Waals surface area contributed by atoms with Gasteiger partial charge in [0.2, 0.25) is 0 Å². The maximum atomic E-state index is 13.0. The van der Waals surface area contributed by atoms with Crippen molar-refractivity contribution in [2.24, 2.45) is 5.41 Å². The van der Waals surface area contributed by atoms with Crippen LogP contribution in [0.1, 0.15) is 37.3 Å². The second kappa shape index (κ2) is 6.36. The predicted molar refractivity (Wildman–Crippen MR) is 119 cm³/mol. The molecule has 0 aromatic heterocycles. The Kier molecular flexibility index (Phi) is 3.89. The molecule has 31 heavy (non-hydrogen) atoms. The molecule has 6 rings (SSSR count). The topological polar surface area (TPSA) is 50.8 Å². The van der Waals surface area contributed by atoms with Crippen molar-refractivity contribution >= 4 is 6.03 Å². The molecule has 2 aromatic rings. The normalized spacial score (nSPS) is 30.2. The standard InChI is InChI=1S/C26H28N2O3/c1-4-31-22-10-11-25-14-18-9-8-17(16-6-5-7-19(12-16)30-3)13-21(18)26(25)23(20(22)15-25)28(2)24(29)27-26/h5-9,12-13,22H,4,10-11,14-15H2,1-3H3,(H,27,29)/t22-,25+,26?/m1/s1. The summed E-state index contributed by atoms with van der Waals surface area (Å²) >= 11 is 0. The van der Waals surface area contributed by atoms with E-state index in [1.54, 1.807) is 7.11 Å². The van der Waals surface area contributed by atoms with Gasteiger partial charge in [0.1, 0.15) is 11.3 Å². The van der Waals surface area contributed by atoms with Gasteiger partial charge in [-0.1, -0.05) is 24.3 Å². The molecule has 2 amide bonds. The molecule has 160 valence electrons. The van der Waals surface area contributed by atoms with Crippen LogP contribution in [-0.4, -0.2) is 37.8 Å². The zero-order valence-corrected chi connectivity index (χ0v) is 18.3. The minimum Gasteiger partial charge on any atom is -0.497 e. The summed E-state index contributed by atoms with van der Waals surface area (Å²) in [7, 11) is 3.61. The Bertz CT molecular complexity index is 1140. The lowest BCUT2D eigenvalue weighted by atomic mass is 9.66. The molecule has 1 saturated heterocycles. The van der Waals surface area contributed by atoms with Gasteiger partial charge in [-0.25, -0.2) is 4.79 Å². The first-order valence-corrected chi connectivity index (χ1v) is 11.2. The molecule has 2 spiro atoms. The highest BCUT2D eigenvalue weighted by Crippen LogP contribution is 2.69. The second-order valence-electron chi connectivity index (χ2n) is 9.33. The van der Waals surface area contributed by atoms with Crippen LogP contribution in [0.5, 0.6) is 5.75 Å². The van der Waals surface area contributed by atoms with Crippen LogP contribution in [-0.2, 0) is 16.7 Å². The molecular weight excluding hydrogens is 388 g/mol. The van der Waals surface area contributed by atoms with E-state index in [0.717, 1.165) is 48.3 Å². The number of likely N-dealkylation sites (N-methyl/N-ethyl adjacent to an activating group) is 1. The van der Waals surface area contributed by atoms with Gasteiger partial charge in [0.25, 0.3) is 0 Å². The third-order valence-corrected chi connectivity index (χ3v) is 8.01. The number of benzene rings is 2. The number of rotatable bonds is 4. The number of hydrogen-bond acceptors (Lipinski definition) is 3. The number of carbonyl (C=O) groups excluding carboxylic acids is 1. The fourth-order valence-corrected chi connectivity index (χ4v) is 6.78. The molecule has 1 heterocycles. The minimum atomic E-state index is -0.440. The molecule has 5 nitrogen and oxygen atoms in total. The monoisotopic (exact) mass is 416 g/mol. The molecule has 0 radical (unpaired) electrons. The minimum absolute atomic E-state index is 0.00615. The first-order chi connectivity index (χ1) is 15.0. The maximum Gasteiger partial charge on any atom is 0.322 e. The molecule has 3 aliphatic carbocycles. The van der Waals surface area contributed by atoms with Crippen molar-refractivity contribution in [3.05, 3.63) is 64.9 Å². The quantitative estimate of drug-likeness (QED) is 0.792. The zero-order chi connectivity index (χ0) is 21.4. The molecule has 1 aliphatic heterocycles. The van der Waals surface area contributed by atoms with Crippen molar-refractivity contribution in [1.82, 2.24) is 10.2 Å². The Morgan fingerprint density at radius 2 is 2.00 bits per heavy atom. The lowest BCUT2D eigenvalue weighted by Crippen LogP contribution is -2.49. The highest BCUT2D eigenvalue weighted by molar-refractivity contribution is 5.86. The maximum absolute atomic E-state index is 13.0. The van der Waals surface area contributed by atoms with Crippen molar-refractivity contribution < 1.29 is 14.3 Å². The van der Waals surface area contributed by atoms with Crippen molar-refractivity contribution in [3.8, 4) is 16.9 Å². The molecule has 5 heteroatoms. The number of nitrogens with one attached hydrogen (secondary N) is 1. The fraction of sp³-hybridized carbons (Fsp3) is 0.423. The Balaban J connectivity index is 1.55. The number of urea groups is 1. The molecule has 3 atom stereocenters. The molecule has 2 bridgehead atoms. The van der Waals surface area contributed by atoms with Gasteiger partial charge in [0.15, 0.2) is 0 Å². The number of fused-ring (bicyclic) bond motifs is 2. The summed E-state index contributed by atoms with van der Waals surface area (Å²) in [4.78, 5) is 14.8. The van der Waals surface area contributed by atoms with E-state index in [0.29, 0.717) is 6.61 Å². The Morgan fingerprint density at radius 3 is 2.81 bits per heavy atom. The lowest BCUT2D eigenvalue weighted by molar-refractivity contribution is 0.0373. The molecular formula is C26H28N2O3. The van der Waals surface area contributed by atoms with Crippen molar-refractivity contribution in [3.63, 3.8) is 0 Å². The molecule has 1 N–H and O–H groups in total. The number of methoxy groups -OCH3 is 1. The molecule has 2 fully saturated rings. The van der Waals surface area contributed by atoms with E-state index in [-0.39, 0.29) is 17.6 Å². The van der Waals surface area contributed by atoms with Crippen molar-refractivity contribution in [2.45, 2.75) is 44.2 Å². The Labute approximate surface area is 183 Å². The van der Waals surface area contributed by atoms with Gasteiger partial charge in [-0.3, -0.25) is 4.90 Å². The fourth-order valence-electron chi connectivity index (χ4n) is 6.78. The summed E-state index contributed by atoms with van der Waals surface area (Å²) < 4.78 is 11.6. The largest absolute Gasteiger partial charge is 0.497 e. The van der Waals surface area contributed by atoms with E-state index < -0.39 is 5.54 Å². The average molecular weight is 417 g/mol. The lowest BCUT2D eigenvalue weighted by Gasteiger charge is -2.42. The van der Waals surface area contributed by atoms with Crippen molar-refractivity contribution in [1.29, 1.82) is 0 Å². The number of nitrogens with zero attached hydrogens (tertiary/aromatic N) is 1. The van der Waals surface area contributed by atoms with Gasteiger partial charge in [0.05, 0.1) is 18.9 Å². The van der Waals surface area contributed by atoms with E-state index >= 15 is 0 Å². The number of carbonyl (C=O) groups is 1.